The summed E-state index contributed by atoms with van der Waals surface area (Å²) in [5.41, 5.74) is -0.834. The lowest BCUT2D eigenvalue weighted by Gasteiger charge is -2.40. The van der Waals surface area contributed by atoms with Crippen LogP contribution in [0.4, 0.5) is 4.79 Å². The number of hydrogen-bond donors (Lipinski definition) is 1. The Hall–Kier alpha value is -1.62. The van der Waals surface area contributed by atoms with Crippen molar-refractivity contribution in [3.8, 4) is 0 Å². The lowest BCUT2D eigenvalue weighted by atomic mass is 10.0. The van der Waals surface area contributed by atoms with Gasteiger partial charge in [-0.1, -0.05) is 18.2 Å². The number of ether oxygens (including phenoxy) is 1. The van der Waals surface area contributed by atoms with Crippen LogP contribution in [0, 0.1) is 0 Å². The van der Waals surface area contributed by atoms with E-state index in [4.69, 9.17) is 4.74 Å². The molecule has 1 aliphatic carbocycles. The summed E-state index contributed by atoms with van der Waals surface area (Å²) >= 11 is 0. The molecular weight excluding hydrogens is 220 g/mol. The number of carbonyl (C=O) groups is 2. The molecule has 0 radical (unpaired) electrons. The molecule has 1 heterocycles. The monoisotopic (exact) mass is 236 g/mol. The molecule has 2 rings (SSSR count). The van der Waals surface area contributed by atoms with E-state index >= 15 is 0 Å². The SMILES string of the molecule is CCOC1(N2C(=O)NC(=O)C2C)C=CC=CC1. The number of nitrogens with zero attached hydrogens (tertiary/aromatic N) is 1. The largest absolute Gasteiger partial charge is 0.352 e. The summed E-state index contributed by atoms with van der Waals surface area (Å²) in [7, 11) is 0. The Morgan fingerprint density at radius 2 is 2.29 bits per heavy atom. The molecule has 5 heteroatoms. The Balaban J connectivity index is 2.34. The van der Waals surface area contributed by atoms with Gasteiger partial charge in [-0.15, -0.1) is 0 Å². The fourth-order valence-corrected chi connectivity index (χ4v) is 2.26. The molecule has 0 aromatic heterocycles. The van der Waals surface area contributed by atoms with E-state index in [0.717, 1.165) is 0 Å². The number of imide groups is 1. The van der Waals surface area contributed by atoms with Crippen LogP contribution in [0.15, 0.2) is 24.3 Å². The molecule has 0 aromatic rings. The van der Waals surface area contributed by atoms with E-state index in [1.165, 1.54) is 4.90 Å². The Bertz CT molecular complexity index is 403. The summed E-state index contributed by atoms with van der Waals surface area (Å²) in [6, 6.07) is -0.902. The van der Waals surface area contributed by atoms with E-state index in [0.29, 0.717) is 13.0 Å². The van der Waals surface area contributed by atoms with Crippen molar-refractivity contribution < 1.29 is 14.3 Å². The van der Waals surface area contributed by atoms with Crippen molar-refractivity contribution in [1.29, 1.82) is 0 Å². The summed E-state index contributed by atoms with van der Waals surface area (Å²) in [6.45, 7) is 4.05. The van der Waals surface area contributed by atoms with Gasteiger partial charge in [0.25, 0.3) is 5.91 Å². The van der Waals surface area contributed by atoms with E-state index in [9.17, 15) is 9.59 Å². The zero-order valence-electron chi connectivity index (χ0n) is 9.97. The van der Waals surface area contributed by atoms with Crippen molar-refractivity contribution in [2.45, 2.75) is 32.0 Å². The molecular formula is C12H16N2O3. The fourth-order valence-electron chi connectivity index (χ4n) is 2.26. The van der Waals surface area contributed by atoms with E-state index in [1.54, 1.807) is 6.92 Å². The van der Waals surface area contributed by atoms with Gasteiger partial charge in [-0.25, -0.2) is 4.79 Å². The topological polar surface area (TPSA) is 58.6 Å². The van der Waals surface area contributed by atoms with Crippen LogP contribution in [0.3, 0.4) is 0 Å². The minimum Gasteiger partial charge on any atom is -0.352 e. The molecule has 2 unspecified atom stereocenters. The van der Waals surface area contributed by atoms with Gasteiger partial charge < -0.3 is 4.74 Å². The van der Waals surface area contributed by atoms with Gasteiger partial charge in [0.2, 0.25) is 0 Å². The van der Waals surface area contributed by atoms with Gasteiger partial charge in [-0.2, -0.15) is 0 Å². The first-order valence-corrected chi connectivity index (χ1v) is 5.73. The Morgan fingerprint density at radius 3 is 2.76 bits per heavy atom. The number of urea groups is 1. The van der Waals surface area contributed by atoms with Crippen LogP contribution in [0.2, 0.25) is 0 Å². The summed E-state index contributed by atoms with van der Waals surface area (Å²) in [5.74, 6) is -0.281. The molecule has 2 aliphatic rings. The summed E-state index contributed by atoms with van der Waals surface area (Å²) in [4.78, 5) is 24.8. The van der Waals surface area contributed by atoms with Crippen LogP contribution in [-0.4, -0.2) is 35.2 Å². The third kappa shape index (κ3) is 1.86. The highest BCUT2D eigenvalue weighted by Gasteiger charge is 2.48. The Labute approximate surface area is 100 Å². The maximum atomic E-state index is 11.8. The van der Waals surface area contributed by atoms with Crippen molar-refractivity contribution >= 4 is 11.9 Å². The van der Waals surface area contributed by atoms with Crippen molar-refractivity contribution in [2.75, 3.05) is 6.61 Å². The molecule has 92 valence electrons. The molecule has 2 atom stereocenters. The zero-order chi connectivity index (χ0) is 12.5. The minimum absolute atomic E-state index is 0.281. The van der Waals surface area contributed by atoms with Crippen molar-refractivity contribution in [3.05, 3.63) is 24.3 Å². The summed E-state index contributed by atoms with van der Waals surface area (Å²) < 4.78 is 5.72. The second-order valence-corrected chi connectivity index (χ2v) is 4.11. The number of carbonyl (C=O) groups excluding carboxylic acids is 2. The third-order valence-electron chi connectivity index (χ3n) is 3.03. The van der Waals surface area contributed by atoms with E-state index in [2.05, 4.69) is 5.32 Å². The molecule has 1 aliphatic heterocycles. The predicted octanol–water partition coefficient (Wildman–Crippen LogP) is 1.18. The molecule has 3 amide bonds. The maximum Gasteiger partial charge on any atom is 0.327 e. The number of rotatable bonds is 3. The smallest absolute Gasteiger partial charge is 0.327 e. The van der Waals surface area contributed by atoms with Gasteiger partial charge in [0, 0.05) is 13.0 Å². The molecule has 1 N–H and O–H groups in total. The lowest BCUT2D eigenvalue weighted by molar-refractivity contribution is -0.130. The van der Waals surface area contributed by atoms with Crippen LogP contribution < -0.4 is 5.32 Å². The standard InChI is InChI=1S/C12H16N2O3/c1-3-17-12(7-5-4-6-8-12)14-9(2)10(15)13-11(14)16/h4-7,9H,3,8H2,1-2H3,(H,13,15,16). The van der Waals surface area contributed by atoms with Crippen LogP contribution in [-0.2, 0) is 9.53 Å². The second-order valence-electron chi connectivity index (χ2n) is 4.11. The maximum absolute atomic E-state index is 11.8. The average Bonchev–Trinajstić information content (AvgIpc) is 2.55. The highest BCUT2D eigenvalue weighted by atomic mass is 16.5. The summed E-state index contributed by atoms with van der Waals surface area (Å²) in [6.07, 6.45) is 8.05. The van der Waals surface area contributed by atoms with Crippen LogP contribution in [0.1, 0.15) is 20.3 Å². The van der Waals surface area contributed by atoms with Crippen molar-refractivity contribution in [1.82, 2.24) is 10.2 Å². The third-order valence-corrected chi connectivity index (χ3v) is 3.03. The van der Waals surface area contributed by atoms with E-state index in [1.807, 2.05) is 31.2 Å². The molecule has 5 nitrogen and oxygen atoms in total. The Morgan fingerprint density at radius 1 is 1.53 bits per heavy atom. The second kappa shape index (κ2) is 4.33. The normalized spacial score (nSPS) is 32.1. The lowest BCUT2D eigenvalue weighted by Crippen LogP contribution is -2.54. The van der Waals surface area contributed by atoms with Crippen molar-refractivity contribution in [2.24, 2.45) is 0 Å². The predicted molar refractivity (Wildman–Crippen MR) is 62.1 cm³/mol. The van der Waals surface area contributed by atoms with Crippen LogP contribution in [0.5, 0.6) is 0 Å². The minimum atomic E-state index is -0.834. The van der Waals surface area contributed by atoms with Crippen molar-refractivity contribution in [3.63, 3.8) is 0 Å². The molecule has 1 saturated heterocycles. The first-order chi connectivity index (χ1) is 8.10. The van der Waals surface area contributed by atoms with Gasteiger partial charge >= 0.3 is 6.03 Å². The van der Waals surface area contributed by atoms with Gasteiger partial charge in [-0.3, -0.25) is 15.0 Å². The number of hydrogen-bond acceptors (Lipinski definition) is 3. The molecule has 1 fully saturated rings. The number of amides is 3. The van der Waals surface area contributed by atoms with E-state index < -0.39 is 17.8 Å². The molecule has 0 bridgehead atoms. The highest BCUT2D eigenvalue weighted by Crippen LogP contribution is 2.31. The van der Waals surface area contributed by atoms with Gasteiger partial charge in [0.15, 0.2) is 5.72 Å². The Kier molecular flexibility index (Phi) is 3.02. The van der Waals surface area contributed by atoms with E-state index in [-0.39, 0.29) is 5.91 Å². The number of allylic oxidation sites excluding steroid dienone is 2. The quantitative estimate of drug-likeness (QED) is 0.748. The van der Waals surface area contributed by atoms with Crippen LogP contribution >= 0.6 is 0 Å². The zero-order valence-corrected chi connectivity index (χ0v) is 9.97. The molecule has 0 aromatic carbocycles. The molecule has 17 heavy (non-hydrogen) atoms. The fraction of sp³-hybridized carbons (Fsp3) is 0.500. The van der Waals surface area contributed by atoms with Gasteiger partial charge in [0.1, 0.15) is 6.04 Å². The first-order valence-electron chi connectivity index (χ1n) is 5.73. The average molecular weight is 236 g/mol. The van der Waals surface area contributed by atoms with Gasteiger partial charge in [0.05, 0.1) is 0 Å². The summed E-state index contributed by atoms with van der Waals surface area (Å²) in [5, 5.41) is 2.31. The van der Waals surface area contributed by atoms with Crippen LogP contribution in [0.25, 0.3) is 0 Å². The molecule has 0 saturated carbocycles. The highest BCUT2D eigenvalue weighted by molar-refractivity contribution is 6.04. The van der Waals surface area contributed by atoms with Gasteiger partial charge in [-0.05, 0) is 19.9 Å². The molecule has 0 spiro atoms. The number of nitrogens with one attached hydrogen (secondary N) is 1. The first kappa shape index (κ1) is 11.9.